The highest BCUT2D eigenvalue weighted by Crippen LogP contribution is 2.36. The van der Waals surface area contributed by atoms with Crippen LogP contribution in [0.3, 0.4) is 0 Å². The summed E-state index contributed by atoms with van der Waals surface area (Å²) in [6.07, 6.45) is 1.56. The summed E-state index contributed by atoms with van der Waals surface area (Å²) in [6, 6.07) is 15.8. The van der Waals surface area contributed by atoms with Crippen LogP contribution in [0.25, 0.3) is 11.0 Å². The molecule has 0 bridgehead atoms. The minimum atomic E-state index is -0.262. The molecule has 36 heavy (non-hydrogen) atoms. The number of aromatic nitrogens is 3. The Hall–Kier alpha value is -3.87. The summed E-state index contributed by atoms with van der Waals surface area (Å²) < 4.78 is 8.06. The van der Waals surface area contributed by atoms with E-state index in [4.69, 9.17) is 9.72 Å². The highest BCUT2D eigenvalue weighted by Gasteiger charge is 2.23. The number of aryl methyl sites for hydroxylation is 1. The Morgan fingerprint density at radius 1 is 0.917 bits per heavy atom. The van der Waals surface area contributed by atoms with Crippen molar-refractivity contribution in [1.29, 1.82) is 0 Å². The van der Waals surface area contributed by atoms with Gasteiger partial charge in [0.1, 0.15) is 17.2 Å². The molecule has 0 aliphatic heterocycles. The summed E-state index contributed by atoms with van der Waals surface area (Å²) in [4.78, 5) is 20.9. The van der Waals surface area contributed by atoms with Gasteiger partial charge >= 0.3 is 0 Å². The van der Waals surface area contributed by atoms with Crippen LogP contribution in [0.15, 0.2) is 54.7 Å². The minimum Gasteiger partial charge on any atom is -0.457 e. The van der Waals surface area contributed by atoms with Crippen LogP contribution in [0, 0.1) is 0 Å². The van der Waals surface area contributed by atoms with E-state index in [0.717, 1.165) is 22.7 Å². The second-order valence-electron chi connectivity index (χ2n) is 11.1. The van der Waals surface area contributed by atoms with Crippen LogP contribution < -0.4 is 15.4 Å². The zero-order valence-corrected chi connectivity index (χ0v) is 22.4. The maximum atomic E-state index is 11.9. The van der Waals surface area contributed by atoms with Crippen molar-refractivity contribution in [3.05, 3.63) is 71.5 Å². The lowest BCUT2D eigenvalue weighted by Crippen LogP contribution is -2.18. The summed E-state index contributed by atoms with van der Waals surface area (Å²) in [7, 11) is 3.57. The first-order chi connectivity index (χ1) is 16.9. The normalized spacial score (nSPS) is 12.0. The predicted molar refractivity (Wildman–Crippen MR) is 146 cm³/mol. The van der Waals surface area contributed by atoms with Crippen LogP contribution in [0.2, 0.25) is 0 Å². The Labute approximate surface area is 212 Å². The first kappa shape index (κ1) is 25.2. The number of hydrogen-bond acceptors (Lipinski definition) is 5. The summed E-state index contributed by atoms with van der Waals surface area (Å²) in [6.45, 7) is 13.3. The molecule has 2 N–H and O–H groups in total. The van der Waals surface area contributed by atoms with Crippen molar-refractivity contribution in [2.75, 3.05) is 12.4 Å². The lowest BCUT2D eigenvalue weighted by atomic mass is 9.81. The van der Waals surface area contributed by atoms with Gasteiger partial charge in [-0.3, -0.25) is 9.78 Å². The van der Waals surface area contributed by atoms with E-state index in [1.165, 1.54) is 11.1 Å². The number of amides is 1. The Kier molecular flexibility index (Phi) is 6.52. The van der Waals surface area contributed by atoms with Crippen molar-refractivity contribution >= 4 is 28.6 Å². The number of fused-ring (bicyclic) bond motifs is 1. The molecule has 188 valence electrons. The average molecular weight is 486 g/mol. The summed E-state index contributed by atoms with van der Waals surface area (Å²) in [5, 5.41) is 6.18. The first-order valence-electron chi connectivity index (χ1n) is 12.1. The number of benzene rings is 2. The average Bonchev–Trinajstić information content (AvgIpc) is 3.11. The first-order valence-corrected chi connectivity index (χ1v) is 12.1. The number of imidazole rings is 1. The molecule has 0 fully saturated rings. The van der Waals surface area contributed by atoms with E-state index in [9.17, 15) is 4.79 Å². The minimum absolute atomic E-state index is 0.0254. The van der Waals surface area contributed by atoms with Gasteiger partial charge < -0.3 is 19.9 Å². The second-order valence-corrected chi connectivity index (χ2v) is 11.1. The van der Waals surface area contributed by atoms with Gasteiger partial charge in [0.05, 0.1) is 11.0 Å². The fourth-order valence-electron chi connectivity index (χ4n) is 4.11. The third-order valence-electron chi connectivity index (χ3n) is 6.22. The van der Waals surface area contributed by atoms with Crippen molar-refractivity contribution in [2.45, 2.75) is 52.4 Å². The Morgan fingerprint density at radius 3 is 2.31 bits per heavy atom. The lowest BCUT2D eigenvalue weighted by molar-refractivity contribution is 0.0958. The van der Waals surface area contributed by atoms with Crippen LogP contribution in [-0.2, 0) is 17.9 Å². The third kappa shape index (κ3) is 5.20. The lowest BCUT2D eigenvalue weighted by Gasteiger charge is -2.27. The summed E-state index contributed by atoms with van der Waals surface area (Å²) in [5.74, 6) is 1.66. The summed E-state index contributed by atoms with van der Waals surface area (Å²) in [5.41, 5.74) is 5.66. The van der Waals surface area contributed by atoms with Gasteiger partial charge in [-0.1, -0.05) is 53.7 Å². The van der Waals surface area contributed by atoms with E-state index in [0.29, 0.717) is 17.2 Å². The maximum Gasteiger partial charge on any atom is 0.269 e. The molecule has 4 aromatic rings. The highest BCUT2D eigenvalue weighted by molar-refractivity contribution is 5.92. The van der Waals surface area contributed by atoms with Gasteiger partial charge in [0.2, 0.25) is 5.95 Å². The Morgan fingerprint density at radius 2 is 1.64 bits per heavy atom. The molecule has 2 aromatic carbocycles. The molecule has 4 rings (SSSR count). The van der Waals surface area contributed by atoms with Gasteiger partial charge in [0.25, 0.3) is 5.91 Å². The monoisotopic (exact) mass is 485 g/mol. The van der Waals surface area contributed by atoms with Crippen molar-refractivity contribution < 1.29 is 9.53 Å². The van der Waals surface area contributed by atoms with Gasteiger partial charge in [-0.15, -0.1) is 0 Å². The molecule has 2 aromatic heterocycles. The van der Waals surface area contributed by atoms with Crippen LogP contribution in [0.1, 0.15) is 63.2 Å². The van der Waals surface area contributed by atoms with E-state index in [1.54, 1.807) is 25.4 Å². The molecule has 7 nitrogen and oxygen atoms in total. The zero-order valence-electron chi connectivity index (χ0n) is 22.4. The quantitative estimate of drug-likeness (QED) is 0.339. The number of rotatable bonds is 5. The van der Waals surface area contributed by atoms with Crippen molar-refractivity contribution in [1.82, 2.24) is 19.9 Å². The van der Waals surface area contributed by atoms with Crippen LogP contribution >= 0.6 is 0 Å². The van der Waals surface area contributed by atoms with Gasteiger partial charge in [0.15, 0.2) is 0 Å². The maximum absolute atomic E-state index is 11.9. The fraction of sp³-hybridized carbons (Fsp3) is 0.345. The molecule has 0 saturated carbocycles. The van der Waals surface area contributed by atoms with Crippen LogP contribution in [0.4, 0.5) is 11.6 Å². The zero-order chi connectivity index (χ0) is 26.3. The molecule has 0 atom stereocenters. The van der Waals surface area contributed by atoms with E-state index in [1.807, 2.05) is 29.8 Å². The summed E-state index contributed by atoms with van der Waals surface area (Å²) >= 11 is 0. The molecule has 0 saturated heterocycles. The van der Waals surface area contributed by atoms with E-state index >= 15 is 0 Å². The molecule has 0 unspecified atom stereocenters. The number of ether oxygens (including phenoxy) is 1. The number of anilines is 2. The SMILES string of the molecule is CNC(=O)c1cc(Oc2ccc3c(c2)nc(Nc2cc(C(C)(C)C)ccc2C(C)(C)C)n3C)ccn1. The molecular formula is C29H35N5O2. The van der Waals surface area contributed by atoms with Gasteiger partial charge in [-0.25, -0.2) is 4.98 Å². The fourth-order valence-corrected chi connectivity index (χ4v) is 4.11. The number of nitrogens with one attached hydrogen (secondary N) is 2. The molecule has 0 aliphatic rings. The predicted octanol–water partition coefficient (Wildman–Crippen LogP) is 6.46. The van der Waals surface area contributed by atoms with E-state index < -0.39 is 0 Å². The third-order valence-corrected chi connectivity index (χ3v) is 6.22. The van der Waals surface area contributed by atoms with Crippen LogP contribution in [0.5, 0.6) is 11.5 Å². The Bertz CT molecular complexity index is 1420. The Balaban J connectivity index is 1.68. The van der Waals surface area contributed by atoms with E-state index in [2.05, 4.69) is 75.4 Å². The molecule has 1 amide bonds. The number of carbonyl (C=O) groups is 1. The smallest absolute Gasteiger partial charge is 0.269 e. The van der Waals surface area contributed by atoms with Crippen molar-refractivity contribution in [2.24, 2.45) is 7.05 Å². The molecule has 7 heteroatoms. The number of carbonyl (C=O) groups excluding carboxylic acids is 1. The molecule has 0 spiro atoms. The molecule has 0 radical (unpaired) electrons. The number of nitrogens with zero attached hydrogens (tertiary/aromatic N) is 3. The van der Waals surface area contributed by atoms with Crippen LogP contribution in [-0.4, -0.2) is 27.5 Å². The standard InChI is InChI=1S/C29H35N5O2/c1-28(2,3)18-9-11-21(29(4,5)6)22(15-18)32-27-33-23-16-19(10-12-25(23)34(27)8)36-20-13-14-31-24(17-20)26(35)30-7/h9-17H,1-8H3,(H,30,35)(H,32,33). The van der Waals surface area contributed by atoms with Gasteiger partial charge in [-0.05, 0) is 46.2 Å². The van der Waals surface area contributed by atoms with Crippen molar-refractivity contribution in [3.8, 4) is 11.5 Å². The largest absolute Gasteiger partial charge is 0.457 e. The highest BCUT2D eigenvalue weighted by atomic mass is 16.5. The molecule has 0 aliphatic carbocycles. The number of hydrogen-bond donors (Lipinski definition) is 2. The molecular weight excluding hydrogens is 450 g/mol. The van der Waals surface area contributed by atoms with E-state index in [-0.39, 0.29) is 16.7 Å². The molecule has 2 heterocycles. The van der Waals surface area contributed by atoms with Gasteiger partial charge in [0, 0.05) is 38.1 Å². The second kappa shape index (κ2) is 9.30. The van der Waals surface area contributed by atoms with Crippen molar-refractivity contribution in [3.63, 3.8) is 0 Å². The number of pyridine rings is 1. The topological polar surface area (TPSA) is 81.1 Å². The van der Waals surface area contributed by atoms with Gasteiger partial charge in [-0.2, -0.15) is 0 Å².